The van der Waals surface area contributed by atoms with E-state index in [2.05, 4.69) is 38.1 Å². The summed E-state index contributed by atoms with van der Waals surface area (Å²) < 4.78 is 0. The maximum atomic E-state index is 12.7. The lowest BCUT2D eigenvalue weighted by Gasteiger charge is -2.34. The first-order valence-electron chi connectivity index (χ1n) is 9.18. The lowest BCUT2D eigenvalue weighted by atomic mass is 10.1. The van der Waals surface area contributed by atoms with Gasteiger partial charge in [-0.25, -0.2) is 9.97 Å². The zero-order valence-electron chi connectivity index (χ0n) is 16.0. The number of nitrogens with one attached hydrogen (secondary N) is 1. The summed E-state index contributed by atoms with van der Waals surface area (Å²) in [6.07, 6.45) is 0. The summed E-state index contributed by atoms with van der Waals surface area (Å²) in [7, 11) is 0. The number of benzene rings is 1. The van der Waals surface area contributed by atoms with Gasteiger partial charge in [-0.3, -0.25) is 4.79 Å². The van der Waals surface area contributed by atoms with Crippen LogP contribution in [0.25, 0.3) is 0 Å². The van der Waals surface area contributed by atoms with E-state index in [9.17, 15) is 4.79 Å². The number of carbonyl (C=O) groups excluding carboxylic acids is 1. The average molecular weight is 353 g/mol. The number of nitrogens with zero attached hydrogens (tertiary/aromatic N) is 4. The first kappa shape index (κ1) is 18.3. The van der Waals surface area contributed by atoms with Crippen LogP contribution in [0, 0.1) is 20.8 Å². The van der Waals surface area contributed by atoms with E-state index in [1.807, 2.05) is 32.9 Å². The summed E-state index contributed by atoms with van der Waals surface area (Å²) in [5.74, 6) is 0.447. The molecule has 1 aromatic carbocycles. The zero-order chi connectivity index (χ0) is 18.7. The summed E-state index contributed by atoms with van der Waals surface area (Å²) in [6, 6.07) is 7.72. The van der Waals surface area contributed by atoms with Crippen molar-refractivity contribution in [2.75, 3.05) is 42.9 Å². The van der Waals surface area contributed by atoms with Crippen LogP contribution in [0.5, 0.6) is 0 Å². The Bertz CT molecular complexity index is 797. The molecular formula is C20H27N5O. The molecule has 26 heavy (non-hydrogen) atoms. The average Bonchev–Trinajstić information content (AvgIpc) is 2.63. The molecule has 0 saturated carbocycles. The molecule has 0 aliphatic carbocycles. The molecule has 6 nitrogen and oxygen atoms in total. The van der Waals surface area contributed by atoms with Crippen molar-refractivity contribution in [2.45, 2.75) is 27.7 Å². The number of hydrogen-bond acceptors (Lipinski definition) is 5. The monoisotopic (exact) mass is 353 g/mol. The van der Waals surface area contributed by atoms with Crippen LogP contribution >= 0.6 is 0 Å². The molecule has 0 unspecified atom stereocenters. The number of likely N-dealkylation sites (N-methyl/N-ethyl adjacent to an activating group) is 1. The van der Waals surface area contributed by atoms with E-state index in [-0.39, 0.29) is 5.91 Å². The fourth-order valence-electron chi connectivity index (χ4n) is 3.21. The Hall–Kier alpha value is -2.47. The Morgan fingerprint density at radius 1 is 1.08 bits per heavy atom. The highest BCUT2D eigenvalue weighted by molar-refractivity contribution is 6.03. The molecule has 1 aliphatic rings. The second kappa shape index (κ2) is 7.83. The molecule has 1 saturated heterocycles. The fourth-order valence-corrected chi connectivity index (χ4v) is 3.21. The SMILES string of the molecule is CCN1CCN(c2nc(C)cc(C(=O)Nc3ccc(C)cc3C)n2)CC1. The lowest BCUT2D eigenvalue weighted by molar-refractivity contribution is 0.102. The van der Waals surface area contributed by atoms with Crippen LogP contribution in [-0.2, 0) is 0 Å². The van der Waals surface area contributed by atoms with Crippen LogP contribution in [0.3, 0.4) is 0 Å². The van der Waals surface area contributed by atoms with Crippen molar-refractivity contribution < 1.29 is 4.79 Å². The molecule has 3 rings (SSSR count). The molecule has 2 aromatic rings. The first-order chi connectivity index (χ1) is 12.5. The van der Waals surface area contributed by atoms with E-state index >= 15 is 0 Å². The van der Waals surface area contributed by atoms with E-state index in [1.54, 1.807) is 6.07 Å². The second-order valence-electron chi connectivity index (χ2n) is 6.89. The van der Waals surface area contributed by atoms with E-state index in [1.165, 1.54) is 5.56 Å². The molecule has 0 radical (unpaired) electrons. The highest BCUT2D eigenvalue weighted by atomic mass is 16.1. The normalized spacial score (nSPS) is 15.2. The largest absolute Gasteiger partial charge is 0.338 e. The molecule has 1 amide bonds. The Labute approximate surface area is 155 Å². The van der Waals surface area contributed by atoms with Crippen LogP contribution in [-0.4, -0.2) is 53.5 Å². The molecule has 6 heteroatoms. The number of hydrogen-bond donors (Lipinski definition) is 1. The van der Waals surface area contributed by atoms with Gasteiger partial charge in [0.2, 0.25) is 5.95 Å². The number of anilines is 2. The third-order valence-corrected chi connectivity index (χ3v) is 4.81. The van der Waals surface area contributed by atoms with Gasteiger partial charge in [-0.05, 0) is 45.0 Å². The predicted octanol–water partition coefficient (Wildman–Crippen LogP) is 2.80. The predicted molar refractivity (Wildman–Crippen MR) is 105 cm³/mol. The number of carbonyl (C=O) groups is 1. The summed E-state index contributed by atoms with van der Waals surface area (Å²) in [6.45, 7) is 12.9. The van der Waals surface area contributed by atoms with Crippen LogP contribution in [0.4, 0.5) is 11.6 Å². The maximum absolute atomic E-state index is 12.7. The van der Waals surface area contributed by atoms with Crippen molar-refractivity contribution in [1.29, 1.82) is 0 Å². The van der Waals surface area contributed by atoms with E-state index in [0.717, 1.165) is 49.7 Å². The molecule has 0 atom stereocenters. The third-order valence-electron chi connectivity index (χ3n) is 4.81. The standard InChI is InChI=1S/C20H27N5O/c1-5-24-8-10-25(11-9-24)20-21-16(4)13-18(23-20)19(26)22-17-7-6-14(2)12-15(17)3/h6-7,12-13H,5,8-11H2,1-4H3,(H,22,26). The molecule has 1 aromatic heterocycles. The number of amides is 1. The fraction of sp³-hybridized carbons (Fsp3) is 0.450. The number of piperazine rings is 1. The van der Waals surface area contributed by atoms with Gasteiger partial charge in [0.25, 0.3) is 5.91 Å². The molecule has 2 heterocycles. The second-order valence-corrected chi connectivity index (χ2v) is 6.89. The molecule has 1 N–H and O–H groups in total. The van der Waals surface area contributed by atoms with E-state index in [0.29, 0.717) is 11.6 Å². The number of rotatable bonds is 4. The minimum Gasteiger partial charge on any atom is -0.338 e. The van der Waals surface area contributed by atoms with Gasteiger partial charge >= 0.3 is 0 Å². The van der Waals surface area contributed by atoms with Gasteiger partial charge < -0.3 is 15.1 Å². The minimum atomic E-state index is -0.198. The summed E-state index contributed by atoms with van der Waals surface area (Å²) in [5, 5.41) is 2.97. The minimum absolute atomic E-state index is 0.198. The van der Waals surface area contributed by atoms with Gasteiger partial charge in [-0.2, -0.15) is 0 Å². The van der Waals surface area contributed by atoms with Gasteiger partial charge in [-0.1, -0.05) is 24.6 Å². The summed E-state index contributed by atoms with van der Waals surface area (Å²) >= 11 is 0. The number of aryl methyl sites for hydroxylation is 3. The van der Waals surface area contributed by atoms with Gasteiger partial charge in [0.1, 0.15) is 5.69 Å². The Kier molecular flexibility index (Phi) is 5.52. The summed E-state index contributed by atoms with van der Waals surface area (Å²) in [5.41, 5.74) is 4.24. The molecule has 0 spiro atoms. The third kappa shape index (κ3) is 4.19. The Morgan fingerprint density at radius 2 is 1.81 bits per heavy atom. The number of aromatic nitrogens is 2. The van der Waals surface area contributed by atoms with Gasteiger partial charge in [0, 0.05) is 37.6 Å². The van der Waals surface area contributed by atoms with Gasteiger partial charge in [0.15, 0.2) is 0 Å². The van der Waals surface area contributed by atoms with Crippen molar-refractivity contribution in [3.8, 4) is 0 Å². The first-order valence-corrected chi connectivity index (χ1v) is 9.18. The zero-order valence-corrected chi connectivity index (χ0v) is 16.0. The van der Waals surface area contributed by atoms with Crippen molar-refractivity contribution >= 4 is 17.5 Å². The highest BCUT2D eigenvalue weighted by Crippen LogP contribution is 2.18. The van der Waals surface area contributed by atoms with Crippen LogP contribution in [0.1, 0.15) is 34.2 Å². The highest BCUT2D eigenvalue weighted by Gasteiger charge is 2.20. The molecule has 1 fully saturated rings. The van der Waals surface area contributed by atoms with Gasteiger partial charge in [0.05, 0.1) is 0 Å². The Morgan fingerprint density at radius 3 is 2.46 bits per heavy atom. The molecule has 1 aliphatic heterocycles. The maximum Gasteiger partial charge on any atom is 0.274 e. The lowest BCUT2D eigenvalue weighted by Crippen LogP contribution is -2.47. The smallest absolute Gasteiger partial charge is 0.274 e. The van der Waals surface area contributed by atoms with Crippen molar-refractivity contribution in [3.05, 3.63) is 46.8 Å². The summed E-state index contributed by atoms with van der Waals surface area (Å²) in [4.78, 5) is 26.4. The molecular weight excluding hydrogens is 326 g/mol. The quantitative estimate of drug-likeness (QED) is 0.916. The van der Waals surface area contributed by atoms with Crippen molar-refractivity contribution in [1.82, 2.24) is 14.9 Å². The van der Waals surface area contributed by atoms with Crippen LogP contribution in [0.15, 0.2) is 24.3 Å². The Balaban J connectivity index is 1.77. The topological polar surface area (TPSA) is 61.4 Å². The molecule has 0 bridgehead atoms. The van der Waals surface area contributed by atoms with Crippen LogP contribution in [0.2, 0.25) is 0 Å². The van der Waals surface area contributed by atoms with E-state index in [4.69, 9.17) is 0 Å². The van der Waals surface area contributed by atoms with Crippen molar-refractivity contribution in [2.24, 2.45) is 0 Å². The van der Waals surface area contributed by atoms with Crippen LogP contribution < -0.4 is 10.2 Å². The van der Waals surface area contributed by atoms with Gasteiger partial charge in [-0.15, -0.1) is 0 Å². The van der Waals surface area contributed by atoms with E-state index < -0.39 is 0 Å². The van der Waals surface area contributed by atoms with Crippen molar-refractivity contribution in [3.63, 3.8) is 0 Å². The molecule has 138 valence electrons.